The maximum absolute atomic E-state index is 13.6. The quantitative estimate of drug-likeness (QED) is 0.0516. The Morgan fingerprint density at radius 1 is 0.519 bits per heavy atom. The normalized spacial score (nSPS) is 12.6. The minimum atomic E-state index is -5.25. The monoisotopic (exact) mass is 1140 g/mol. The van der Waals surface area contributed by atoms with Crippen molar-refractivity contribution in [3.8, 4) is 0 Å². The molecule has 0 radical (unpaired) electrons. The molecule has 22 heteroatoms. The van der Waals surface area contributed by atoms with E-state index in [0.717, 1.165) is 59.7 Å². The van der Waals surface area contributed by atoms with Gasteiger partial charge in [-0.25, -0.2) is 17.2 Å². The molecule has 0 aliphatic carbocycles. The summed E-state index contributed by atoms with van der Waals surface area (Å²) in [5, 5.41) is 8.63. The predicted octanol–water partition coefficient (Wildman–Crippen LogP) is 11.1. The molecule has 0 saturated heterocycles. The topological polar surface area (TPSA) is 171 Å². The number of carbonyl (C=O) groups excluding carboxylic acids is 4. The summed E-state index contributed by atoms with van der Waals surface area (Å²) in [6, 6.07) is 35.2. The molecule has 6 aromatic rings. The zero-order chi connectivity index (χ0) is 58.9. The molecule has 0 unspecified atom stereocenters. The summed E-state index contributed by atoms with van der Waals surface area (Å²) < 4.78 is 131. The highest BCUT2D eigenvalue weighted by atomic mass is 35.7. The fourth-order valence-corrected chi connectivity index (χ4v) is 7.94. The van der Waals surface area contributed by atoms with Gasteiger partial charge in [0, 0.05) is 63.9 Å². The molecule has 0 aliphatic rings. The second-order valence-electron chi connectivity index (χ2n) is 20.1. The Bertz CT molecular complexity index is 3030. The predicted molar refractivity (Wildman–Crippen MR) is 289 cm³/mol. The van der Waals surface area contributed by atoms with Gasteiger partial charge in [0.15, 0.2) is 0 Å². The van der Waals surface area contributed by atoms with Gasteiger partial charge in [0.1, 0.15) is 11.6 Å². The van der Waals surface area contributed by atoms with Crippen LogP contribution in [-0.4, -0.2) is 80.7 Å². The molecule has 0 aromatic heterocycles. The van der Waals surface area contributed by atoms with Crippen molar-refractivity contribution in [1.29, 1.82) is 0 Å². The summed E-state index contributed by atoms with van der Waals surface area (Å²) in [5.74, 6) is -6.61. The number of amides is 4. The van der Waals surface area contributed by atoms with Crippen LogP contribution < -0.4 is 31.5 Å². The molecule has 6 aromatic carbocycles. The lowest BCUT2D eigenvalue weighted by molar-refractivity contribution is -0.170. The van der Waals surface area contributed by atoms with E-state index in [-0.39, 0.29) is 51.3 Å². The van der Waals surface area contributed by atoms with Crippen LogP contribution in [0.1, 0.15) is 78.9 Å². The first-order chi connectivity index (χ1) is 36.7. The van der Waals surface area contributed by atoms with E-state index in [9.17, 15) is 62.7 Å². The van der Waals surface area contributed by atoms with E-state index in [1.807, 2.05) is 41.5 Å². The lowest BCUT2D eigenvalue weighted by atomic mass is 10.0. The average Bonchev–Trinajstić information content (AvgIpc) is 3.36. The maximum atomic E-state index is 13.6. The number of benzene rings is 6. The molecule has 0 saturated carbocycles. The number of alkyl halides is 6. The van der Waals surface area contributed by atoms with E-state index < -0.39 is 81.8 Å². The molecule has 5 N–H and O–H groups in total. The van der Waals surface area contributed by atoms with E-state index in [1.54, 1.807) is 72.8 Å². The highest BCUT2D eigenvalue weighted by molar-refractivity contribution is 8.13. The molecule has 12 nitrogen and oxygen atoms in total. The molecule has 79 heavy (non-hydrogen) atoms. The van der Waals surface area contributed by atoms with Crippen LogP contribution in [0.2, 0.25) is 0 Å². The zero-order valence-corrected chi connectivity index (χ0v) is 45.5. The fourth-order valence-electron chi connectivity index (χ4n) is 7.17. The smallest absolute Gasteiger partial charge is 0.347 e. The molecule has 2 atom stereocenters. The standard InChI is InChI=1S/C29H31F4N3O2.C24H19ClF4N2O4S.C4H11N/c1-28(2,3)34-18-21-9-15-25(16-10-21)36(27(38)29(31,32)33)19-24(17-20-7-5-4-6-8-20)35-26(37)22-11-13-23(30)14-12-22;25-36(34,35)21-12-10-20(11-13-21)31(23(33)24(27,28)29)15-19(14-16-4-2-1-3-5-16)30-22(32)17-6-8-18(26)9-7-17;1-4(2,3)5/h4-16,24,34H,17-19H2,1-3H3,(H,35,37);1-13,19H,14-15H2,(H,30,32);5H2,1-3H3/t24-;19-;/m00./s1. The summed E-state index contributed by atoms with van der Waals surface area (Å²) in [6.45, 7) is 11.4. The van der Waals surface area contributed by atoms with Gasteiger partial charge in [-0.3, -0.25) is 19.2 Å². The first kappa shape index (κ1) is 64.3. The molecule has 424 valence electrons. The number of nitrogens with one attached hydrogen (secondary N) is 3. The van der Waals surface area contributed by atoms with Crippen molar-refractivity contribution in [1.82, 2.24) is 16.0 Å². The van der Waals surface area contributed by atoms with Crippen molar-refractivity contribution in [2.75, 3.05) is 22.9 Å². The molecule has 0 heterocycles. The third-order valence-electron chi connectivity index (χ3n) is 10.8. The van der Waals surface area contributed by atoms with Crippen LogP contribution in [0, 0.1) is 11.6 Å². The molecule has 6 rings (SSSR count). The van der Waals surface area contributed by atoms with Crippen molar-refractivity contribution < 1.29 is 62.7 Å². The summed E-state index contributed by atoms with van der Waals surface area (Å²) in [4.78, 5) is 51.2. The van der Waals surface area contributed by atoms with Crippen LogP contribution in [0.5, 0.6) is 0 Å². The van der Waals surface area contributed by atoms with E-state index in [4.69, 9.17) is 16.4 Å². The van der Waals surface area contributed by atoms with Gasteiger partial charge in [0.25, 0.3) is 20.9 Å². The van der Waals surface area contributed by atoms with Crippen LogP contribution >= 0.6 is 10.7 Å². The van der Waals surface area contributed by atoms with Gasteiger partial charge in [-0.05, 0) is 156 Å². The van der Waals surface area contributed by atoms with Gasteiger partial charge in [-0.15, -0.1) is 0 Å². The number of nitrogens with two attached hydrogens (primary N) is 1. The fraction of sp³-hybridized carbons (Fsp3) is 0.298. The lowest BCUT2D eigenvalue weighted by Gasteiger charge is -2.29. The SMILES string of the molecule is CC(C)(C)N.CC(C)(C)NCc1ccc(N(C[C@H](Cc2ccccc2)NC(=O)c2ccc(F)cc2)C(=O)C(F)(F)F)cc1.O=C(N[C@@H](Cc1ccccc1)CN(C(=O)C(F)(F)F)c1ccc(S(=O)(=O)Cl)cc1)c1ccc(F)cc1. The number of carbonyl (C=O) groups is 4. The van der Waals surface area contributed by atoms with E-state index in [0.29, 0.717) is 21.9 Å². The number of hydrogen-bond donors (Lipinski definition) is 4. The van der Waals surface area contributed by atoms with E-state index in [2.05, 4.69) is 16.0 Å². The summed E-state index contributed by atoms with van der Waals surface area (Å²) >= 11 is 0. The Balaban J connectivity index is 0.000000314. The van der Waals surface area contributed by atoms with Crippen molar-refractivity contribution in [2.45, 2.75) is 101 Å². The molecule has 0 fully saturated rings. The zero-order valence-electron chi connectivity index (χ0n) is 43.9. The molecule has 0 bridgehead atoms. The van der Waals surface area contributed by atoms with Crippen molar-refractivity contribution in [3.05, 3.63) is 197 Å². The first-order valence-electron chi connectivity index (χ1n) is 24.3. The van der Waals surface area contributed by atoms with Crippen LogP contribution in [0.4, 0.5) is 46.5 Å². The summed E-state index contributed by atoms with van der Waals surface area (Å²) in [7, 11) is 1.12. The average molecular weight is 1150 g/mol. The third kappa shape index (κ3) is 23.0. The molecule has 0 spiro atoms. The molecular weight excluding hydrogens is 1080 g/mol. The van der Waals surface area contributed by atoms with E-state index in [1.165, 1.54) is 36.4 Å². The minimum Gasteiger partial charge on any atom is -0.347 e. The third-order valence-corrected chi connectivity index (χ3v) is 12.2. The van der Waals surface area contributed by atoms with Crippen LogP contribution in [-0.2, 0) is 38.0 Å². The molecule has 4 amide bonds. The number of hydrogen-bond acceptors (Lipinski definition) is 8. The minimum absolute atomic E-state index is 0. The second kappa shape index (κ2) is 28.1. The first-order valence-corrected chi connectivity index (χ1v) is 26.6. The number of nitrogens with zero attached hydrogens (tertiary/aromatic N) is 2. The summed E-state index contributed by atoms with van der Waals surface area (Å²) in [5.41, 5.74) is 7.50. The number of rotatable bonds is 17. The molecular formula is C57H61ClF8N6O6S. The number of halogens is 9. The highest BCUT2D eigenvalue weighted by Crippen LogP contribution is 2.28. The summed E-state index contributed by atoms with van der Waals surface area (Å²) in [6.07, 6.45) is -10.1. The molecule has 0 aliphatic heterocycles. The maximum Gasteiger partial charge on any atom is 0.471 e. The Hall–Kier alpha value is -7.20. The number of anilines is 2. The van der Waals surface area contributed by atoms with Gasteiger partial charge in [0.2, 0.25) is 0 Å². The van der Waals surface area contributed by atoms with E-state index >= 15 is 0 Å². The highest BCUT2D eigenvalue weighted by Gasteiger charge is 2.45. The van der Waals surface area contributed by atoms with Gasteiger partial charge in [0.05, 0.1) is 17.0 Å². The largest absolute Gasteiger partial charge is 0.471 e. The van der Waals surface area contributed by atoms with Crippen molar-refractivity contribution in [3.63, 3.8) is 0 Å². The van der Waals surface area contributed by atoms with Crippen molar-refractivity contribution >= 4 is 54.7 Å². The Kier molecular flexibility index (Phi) is 22.9. The van der Waals surface area contributed by atoms with Gasteiger partial charge in [-0.1, -0.05) is 72.8 Å². The van der Waals surface area contributed by atoms with Crippen LogP contribution in [0.15, 0.2) is 163 Å². The second-order valence-corrected chi connectivity index (χ2v) is 22.7. The van der Waals surface area contributed by atoms with Crippen LogP contribution in [0.25, 0.3) is 0 Å². The Labute approximate surface area is 458 Å². The van der Waals surface area contributed by atoms with Crippen molar-refractivity contribution in [2.24, 2.45) is 5.73 Å². The van der Waals surface area contributed by atoms with Gasteiger partial charge < -0.3 is 31.5 Å². The van der Waals surface area contributed by atoms with Gasteiger partial charge in [-0.2, -0.15) is 26.3 Å². The van der Waals surface area contributed by atoms with Gasteiger partial charge >= 0.3 is 24.2 Å². The lowest BCUT2D eigenvalue weighted by Crippen LogP contribution is -2.50. The Morgan fingerprint density at radius 3 is 1.15 bits per heavy atom. The Morgan fingerprint density at radius 2 is 0.848 bits per heavy atom. The van der Waals surface area contributed by atoms with Crippen LogP contribution in [0.3, 0.4) is 0 Å².